The largest absolute Gasteiger partial charge is 0.416 e. The van der Waals surface area contributed by atoms with Gasteiger partial charge in [0.2, 0.25) is 0 Å². The first-order chi connectivity index (χ1) is 12.5. The van der Waals surface area contributed by atoms with Crippen molar-refractivity contribution in [3.8, 4) is 0 Å². The molecule has 0 spiro atoms. The first-order valence-corrected chi connectivity index (χ1v) is 9.52. The molecular formula is C19H18F3N3S. The summed E-state index contributed by atoms with van der Waals surface area (Å²) in [6, 6.07) is 11.9. The molecule has 7 heteroatoms. The normalized spacial score (nSPS) is 15.1. The maximum atomic E-state index is 12.8. The molecule has 26 heavy (non-hydrogen) atoms. The summed E-state index contributed by atoms with van der Waals surface area (Å²) < 4.78 is 38.5. The van der Waals surface area contributed by atoms with Gasteiger partial charge in [0.15, 0.2) is 5.16 Å². The maximum Gasteiger partial charge on any atom is 0.416 e. The first-order valence-electron chi connectivity index (χ1n) is 8.53. The van der Waals surface area contributed by atoms with E-state index in [1.54, 1.807) is 0 Å². The second kappa shape index (κ2) is 6.87. The van der Waals surface area contributed by atoms with Crippen molar-refractivity contribution in [2.75, 3.05) is 18.0 Å². The molecule has 0 saturated carbocycles. The van der Waals surface area contributed by atoms with Crippen LogP contribution < -0.4 is 4.90 Å². The van der Waals surface area contributed by atoms with Gasteiger partial charge in [0.1, 0.15) is 0 Å². The molecule has 3 nitrogen and oxygen atoms in total. The summed E-state index contributed by atoms with van der Waals surface area (Å²) in [4.78, 5) is 9.82. The Kier molecular flexibility index (Phi) is 4.56. The summed E-state index contributed by atoms with van der Waals surface area (Å²) in [6.45, 7) is 2.15. The van der Waals surface area contributed by atoms with Crippen LogP contribution in [0.1, 0.15) is 24.0 Å². The van der Waals surface area contributed by atoms with Gasteiger partial charge in [-0.25, -0.2) is 4.98 Å². The number of nitrogens with zero attached hydrogens (tertiary/aromatic N) is 2. The minimum absolute atomic E-state index is 0.343. The summed E-state index contributed by atoms with van der Waals surface area (Å²) >= 11 is 1.51. The highest BCUT2D eigenvalue weighted by atomic mass is 32.2. The highest BCUT2D eigenvalue weighted by molar-refractivity contribution is 7.98. The second-order valence-corrected chi connectivity index (χ2v) is 7.35. The lowest BCUT2D eigenvalue weighted by atomic mass is 10.2. The van der Waals surface area contributed by atoms with Crippen LogP contribution in [0.2, 0.25) is 0 Å². The Bertz CT molecular complexity index is 914. The zero-order valence-corrected chi connectivity index (χ0v) is 14.8. The molecule has 0 aliphatic carbocycles. The van der Waals surface area contributed by atoms with Crippen LogP contribution in [-0.2, 0) is 11.9 Å². The molecule has 0 bridgehead atoms. The summed E-state index contributed by atoms with van der Waals surface area (Å²) in [5.41, 5.74) is 2.75. The van der Waals surface area contributed by atoms with Gasteiger partial charge in [-0.2, -0.15) is 13.2 Å². The number of halogens is 3. The molecule has 1 aliphatic rings. The third kappa shape index (κ3) is 3.53. The fraction of sp³-hybridized carbons (Fsp3) is 0.316. The van der Waals surface area contributed by atoms with Gasteiger partial charge in [-0.3, -0.25) is 0 Å². The SMILES string of the molecule is FC(F)(F)c1ccc2[nH]c(SCc3ccccc3N3CCCC3)nc2c1. The number of alkyl halides is 3. The molecule has 1 N–H and O–H groups in total. The van der Waals surface area contributed by atoms with E-state index < -0.39 is 11.7 Å². The molecular weight excluding hydrogens is 359 g/mol. The lowest BCUT2D eigenvalue weighted by Gasteiger charge is -2.21. The molecule has 0 unspecified atom stereocenters. The molecule has 2 heterocycles. The van der Waals surface area contributed by atoms with Crippen molar-refractivity contribution in [1.82, 2.24) is 9.97 Å². The van der Waals surface area contributed by atoms with Crippen LogP contribution in [0.15, 0.2) is 47.6 Å². The number of H-pyrrole nitrogens is 1. The molecule has 1 aromatic heterocycles. The van der Waals surface area contributed by atoms with E-state index in [4.69, 9.17) is 0 Å². The number of benzene rings is 2. The number of imidazole rings is 1. The van der Waals surface area contributed by atoms with Gasteiger partial charge in [-0.1, -0.05) is 30.0 Å². The van der Waals surface area contributed by atoms with Crippen LogP contribution in [0, 0.1) is 0 Å². The Balaban J connectivity index is 1.53. The summed E-state index contributed by atoms with van der Waals surface area (Å²) in [7, 11) is 0. The van der Waals surface area contributed by atoms with E-state index in [9.17, 15) is 13.2 Å². The lowest BCUT2D eigenvalue weighted by Crippen LogP contribution is -2.18. The minimum Gasteiger partial charge on any atom is -0.371 e. The van der Waals surface area contributed by atoms with E-state index in [1.807, 2.05) is 12.1 Å². The molecule has 4 rings (SSSR count). The van der Waals surface area contributed by atoms with Gasteiger partial charge in [0.05, 0.1) is 16.6 Å². The Morgan fingerprint density at radius 1 is 1.08 bits per heavy atom. The van der Waals surface area contributed by atoms with Crippen molar-refractivity contribution in [3.63, 3.8) is 0 Å². The molecule has 1 aliphatic heterocycles. The molecule has 1 saturated heterocycles. The molecule has 0 radical (unpaired) electrons. The summed E-state index contributed by atoms with van der Waals surface area (Å²) in [5.74, 6) is 0.721. The minimum atomic E-state index is -4.35. The number of aromatic nitrogens is 2. The van der Waals surface area contributed by atoms with Gasteiger partial charge in [-0.15, -0.1) is 0 Å². The first kappa shape index (κ1) is 17.3. The van der Waals surface area contributed by atoms with Crippen LogP contribution in [-0.4, -0.2) is 23.1 Å². The Labute approximate surface area is 153 Å². The van der Waals surface area contributed by atoms with Crippen molar-refractivity contribution in [3.05, 3.63) is 53.6 Å². The highest BCUT2D eigenvalue weighted by Crippen LogP contribution is 2.33. The quantitative estimate of drug-likeness (QED) is 0.612. The van der Waals surface area contributed by atoms with Gasteiger partial charge < -0.3 is 9.88 Å². The van der Waals surface area contributed by atoms with Crippen LogP contribution >= 0.6 is 11.8 Å². The number of fused-ring (bicyclic) bond motifs is 1. The third-order valence-corrected chi connectivity index (χ3v) is 5.51. The van der Waals surface area contributed by atoms with E-state index in [0.717, 1.165) is 31.0 Å². The van der Waals surface area contributed by atoms with E-state index in [2.05, 4.69) is 27.0 Å². The summed E-state index contributed by atoms with van der Waals surface area (Å²) in [5, 5.41) is 0.635. The average Bonchev–Trinajstić information content (AvgIpc) is 3.28. The lowest BCUT2D eigenvalue weighted by molar-refractivity contribution is -0.137. The smallest absolute Gasteiger partial charge is 0.371 e. The second-order valence-electron chi connectivity index (χ2n) is 6.38. The number of hydrogen-bond donors (Lipinski definition) is 1. The molecule has 0 amide bonds. The fourth-order valence-electron chi connectivity index (χ4n) is 3.27. The number of rotatable bonds is 4. The number of hydrogen-bond acceptors (Lipinski definition) is 3. The van der Waals surface area contributed by atoms with Gasteiger partial charge in [0, 0.05) is 24.5 Å². The predicted molar refractivity (Wildman–Crippen MR) is 98.5 cm³/mol. The fourth-order valence-corrected chi connectivity index (χ4v) is 4.15. The number of aromatic amines is 1. The van der Waals surface area contributed by atoms with E-state index in [0.29, 0.717) is 16.2 Å². The predicted octanol–water partition coefficient (Wildman–Crippen LogP) is 5.47. The number of nitrogens with one attached hydrogen (secondary N) is 1. The highest BCUT2D eigenvalue weighted by Gasteiger charge is 2.30. The van der Waals surface area contributed by atoms with Gasteiger partial charge in [-0.05, 0) is 42.7 Å². The summed E-state index contributed by atoms with van der Waals surface area (Å²) in [6.07, 6.45) is -1.92. The Morgan fingerprint density at radius 3 is 2.62 bits per heavy atom. The van der Waals surface area contributed by atoms with Gasteiger partial charge >= 0.3 is 6.18 Å². The Morgan fingerprint density at radius 2 is 1.85 bits per heavy atom. The zero-order valence-electron chi connectivity index (χ0n) is 14.0. The van der Waals surface area contributed by atoms with E-state index in [1.165, 1.54) is 41.9 Å². The standard InChI is InChI=1S/C19H18F3N3S/c20-19(21,22)14-7-8-15-16(11-14)24-18(23-15)26-12-13-5-1-2-6-17(13)25-9-3-4-10-25/h1-2,5-8,11H,3-4,9-10,12H2,(H,23,24). The van der Waals surface area contributed by atoms with E-state index >= 15 is 0 Å². The molecule has 1 fully saturated rings. The third-order valence-electron chi connectivity index (χ3n) is 4.59. The Hall–Kier alpha value is -2.15. The number of thioether (sulfide) groups is 1. The van der Waals surface area contributed by atoms with Crippen molar-refractivity contribution < 1.29 is 13.2 Å². The zero-order chi connectivity index (χ0) is 18.1. The van der Waals surface area contributed by atoms with E-state index in [-0.39, 0.29) is 0 Å². The maximum absolute atomic E-state index is 12.8. The molecule has 2 aromatic carbocycles. The van der Waals surface area contributed by atoms with Crippen LogP contribution in [0.4, 0.5) is 18.9 Å². The molecule has 136 valence electrons. The number of para-hydroxylation sites is 1. The van der Waals surface area contributed by atoms with Crippen molar-refractivity contribution in [1.29, 1.82) is 0 Å². The average molecular weight is 377 g/mol. The monoisotopic (exact) mass is 377 g/mol. The topological polar surface area (TPSA) is 31.9 Å². The van der Waals surface area contributed by atoms with Crippen LogP contribution in [0.25, 0.3) is 11.0 Å². The van der Waals surface area contributed by atoms with Crippen molar-refractivity contribution in [2.24, 2.45) is 0 Å². The van der Waals surface area contributed by atoms with Crippen LogP contribution in [0.3, 0.4) is 0 Å². The molecule has 3 aromatic rings. The van der Waals surface area contributed by atoms with Crippen molar-refractivity contribution >= 4 is 28.5 Å². The van der Waals surface area contributed by atoms with Crippen molar-refractivity contribution in [2.45, 2.75) is 29.9 Å². The van der Waals surface area contributed by atoms with Crippen LogP contribution in [0.5, 0.6) is 0 Å². The molecule has 0 atom stereocenters. The van der Waals surface area contributed by atoms with Gasteiger partial charge in [0.25, 0.3) is 0 Å². The number of anilines is 1.